The highest BCUT2D eigenvalue weighted by Crippen LogP contribution is 2.24. The van der Waals surface area contributed by atoms with Gasteiger partial charge in [-0.15, -0.1) is 5.06 Å². The summed E-state index contributed by atoms with van der Waals surface area (Å²) in [6, 6.07) is 3.78. The molecule has 1 aliphatic heterocycles. The van der Waals surface area contributed by atoms with Gasteiger partial charge in [-0.25, -0.2) is 4.79 Å². The van der Waals surface area contributed by atoms with Gasteiger partial charge in [-0.2, -0.15) is 0 Å². The van der Waals surface area contributed by atoms with Crippen LogP contribution in [0.4, 0.5) is 0 Å². The average Bonchev–Trinajstić information content (AvgIpc) is 2.54. The van der Waals surface area contributed by atoms with Crippen molar-refractivity contribution < 1.29 is 14.4 Å². The number of aromatic nitrogens is 1. The van der Waals surface area contributed by atoms with Crippen LogP contribution >= 0.6 is 0 Å². The molecule has 0 aliphatic carbocycles. The number of nitrogens with zero attached hydrogens (tertiary/aromatic N) is 2. The zero-order chi connectivity index (χ0) is 17.6. The van der Waals surface area contributed by atoms with Crippen LogP contribution in [0.25, 0.3) is 0 Å². The second-order valence-corrected chi connectivity index (χ2v) is 7.61. The largest absolute Gasteiger partial charge is 0.367 e. The Kier molecular flexibility index (Phi) is 6.49. The van der Waals surface area contributed by atoms with Crippen LogP contribution in [0.15, 0.2) is 24.5 Å². The van der Waals surface area contributed by atoms with Crippen molar-refractivity contribution >= 4 is 11.8 Å². The summed E-state index contributed by atoms with van der Waals surface area (Å²) >= 11 is 0. The van der Waals surface area contributed by atoms with Gasteiger partial charge in [0.15, 0.2) is 0 Å². The van der Waals surface area contributed by atoms with Crippen LogP contribution in [0, 0.1) is 11.3 Å². The molecule has 0 N–H and O–H groups in total. The summed E-state index contributed by atoms with van der Waals surface area (Å²) in [5, 5.41) is 1.77. The van der Waals surface area contributed by atoms with E-state index < -0.39 is 5.41 Å². The number of hydrogen-bond donors (Lipinski definition) is 0. The summed E-state index contributed by atoms with van der Waals surface area (Å²) in [5.41, 5.74) is 0.551. The molecule has 2 rings (SSSR count). The van der Waals surface area contributed by atoms with Gasteiger partial charge in [0.25, 0.3) is 0 Å². The van der Waals surface area contributed by atoms with Crippen molar-refractivity contribution in [3.05, 3.63) is 30.1 Å². The summed E-state index contributed by atoms with van der Waals surface area (Å²) in [5.74, 6) is 0.632. The highest BCUT2D eigenvalue weighted by molar-refractivity contribution is 5.80. The smallest absolute Gasteiger partial charge is 0.330 e. The van der Waals surface area contributed by atoms with Crippen LogP contribution in [0.2, 0.25) is 0 Å². The van der Waals surface area contributed by atoms with Crippen molar-refractivity contribution in [2.24, 2.45) is 11.3 Å². The summed E-state index contributed by atoms with van der Waals surface area (Å²) in [6.07, 6.45) is 7.42. The maximum Gasteiger partial charge on any atom is 0.330 e. The van der Waals surface area contributed by atoms with E-state index >= 15 is 0 Å². The first-order valence-corrected chi connectivity index (χ1v) is 8.72. The van der Waals surface area contributed by atoms with E-state index in [4.69, 9.17) is 4.84 Å². The molecule has 0 saturated carbocycles. The Bertz CT molecular complexity index is 543. The molecular weight excluding hydrogens is 304 g/mol. The van der Waals surface area contributed by atoms with E-state index in [9.17, 15) is 9.59 Å². The lowest BCUT2D eigenvalue weighted by Crippen LogP contribution is -2.38. The Hall–Kier alpha value is -1.75. The van der Waals surface area contributed by atoms with Crippen LogP contribution in [-0.4, -0.2) is 34.9 Å². The molecule has 1 aliphatic rings. The van der Waals surface area contributed by atoms with Gasteiger partial charge in [0.1, 0.15) is 5.78 Å². The number of rotatable bonds is 6. The van der Waals surface area contributed by atoms with Crippen LogP contribution in [0.5, 0.6) is 0 Å². The predicted octanol–water partition coefficient (Wildman–Crippen LogP) is 3.19. The maximum atomic E-state index is 12.1. The van der Waals surface area contributed by atoms with Crippen LogP contribution < -0.4 is 0 Å². The summed E-state index contributed by atoms with van der Waals surface area (Å²) in [7, 11) is 0. The van der Waals surface area contributed by atoms with E-state index in [-0.39, 0.29) is 11.8 Å². The lowest BCUT2D eigenvalue weighted by atomic mass is 9.91. The lowest BCUT2D eigenvalue weighted by Gasteiger charge is -2.32. The monoisotopic (exact) mass is 332 g/mol. The molecule has 1 saturated heterocycles. The zero-order valence-electron chi connectivity index (χ0n) is 15.0. The minimum Gasteiger partial charge on any atom is -0.367 e. The molecule has 2 heterocycles. The van der Waals surface area contributed by atoms with Gasteiger partial charge >= 0.3 is 5.97 Å². The Morgan fingerprint density at radius 3 is 2.42 bits per heavy atom. The predicted molar refractivity (Wildman–Crippen MR) is 92.0 cm³/mol. The SMILES string of the molecule is CC(C)(C)C(=O)ON1CCC(CCC(=O)Cc2ccncc2)CC1. The molecule has 1 aromatic rings. The second kappa shape index (κ2) is 8.38. The first kappa shape index (κ1) is 18.6. The van der Waals surface area contributed by atoms with Crippen molar-refractivity contribution in [2.75, 3.05) is 13.1 Å². The number of hydroxylamine groups is 2. The first-order valence-electron chi connectivity index (χ1n) is 8.72. The minimum absolute atomic E-state index is 0.187. The second-order valence-electron chi connectivity index (χ2n) is 7.61. The van der Waals surface area contributed by atoms with E-state index in [0.717, 1.165) is 37.9 Å². The molecular formula is C19H28N2O3. The third-order valence-corrected chi connectivity index (χ3v) is 4.38. The zero-order valence-corrected chi connectivity index (χ0v) is 15.0. The molecule has 132 valence electrons. The molecule has 0 aromatic carbocycles. The summed E-state index contributed by atoms with van der Waals surface area (Å²) in [6.45, 7) is 7.08. The summed E-state index contributed by atoms with van der Waals surface area (Å²) < 4.78 is 0. The number of pyridine rings is 1. The number of piperidine rings is 1. The fraction of sp³-hybridized carbons (Fsp3) is 0.632. The van der Waals surface area contributed by atoms with Gasteiger partial charge in [0, 0.05) is 38.3 Å². The Labute approximate surface area is 144 Å². The van der Waals surface area contributed by atoms with Gasteiger partial charge in [0.2, 0.25) is 0 Å². The molecule has 24 heavy (non-hydrogen) atoms. The minimum atomic E-state index is -0.476. The number of hydrogen-bond acceptors (Lipinski definition) is 5. The summed E-state index contributed by atoms with van der Waals surface area (Å²) in [4.78, 5) is 33.4. The topological polar surface area (TPSA) is 59.5 Å². The van der Waals surface area contributed by atoms with Crippen LogP contribution in [0.1, 0.15) is 52.0 Å². The van der Waals surface area contributed by atoms with E-state index in [1.54, 1.807) is 17.5 Å². The van der Waals surface area contributed by atoms with E-state index in [1.807, 2.05) is 32.9 Å². The number of ketones is 1. The van der Waals surface area contributed by atoms with Crippen molar-refractivity contribution in [3.63, 3.8) is 0 Å². The van der Waals surface area contributed by atoms with Crippen molar-refractivity contribution in [1.29, 1.82) is 0 Å². The number of carbonyl (C=O) groups is 2. The molecule has 0 bridgehead atoms. The Morgan fingerprint density at radius 2 is 1.83 bits per heavy atom. The normalized spacial score (nSPS) is 16.8. The fourth-order valence-corrected chi connectivity index (χ4v) is 2.73. The number of Topliss-reactive ketones (excluding diaryl/α,β-unsaturated/α-hetero) is 1. The van der Waals surface area contributed by atoms with Crippen molar-refractivity contribution in [3.8, 4) is 0 Å². The molecule has 1 fully saturated rings. The first-order chi connectivity index (χ1) is 11.3. The number of carbonyl (C=O) groups excluding carboxylic acids is 2. The Balaban J connectivity index is 1.66. The van der Waals surface area contributed by atoms with Gasteiger partial charge < -0.3 is 4.84 Å². The molecule has 0 atom stereocenters. The van der Waals surface area contributed by atoms with E-state index in [1.165, 1.54) is 0 Å². The average molecular weight is 332 g/mol. The molecule has 5 nitrogen and oxygen atoms in total. The molecule has 0 unspecified atom stereocenters. The fourth-order valence-electron chi connectivity index (χ4n) is 2.73. The third-order valence-electron chi connectivity index (χ3n) is 4.38. The van der Waals surface area contributed by atoms with Gasteiger partial charge in [0.05, 0.1) is 5.41 Å². The molecule has 0 radical (unpaired) electrons. The molecule has 0 amide bonds. The van der Waals surface area contributed by atoms with Crippen LogP contribution in [0.3, 0.4) is 0 Å². The third kappa shape index (κ3) is 6.04. The van der Waals surface area contributed by atoms with Crippen LogP contribution in [-0.2, 0) is 20.8 Å². The quantitative estimate of drug-likeness (QED) is 0.801. The van der Waals surface area contributed by atoms with Gasteiger partial charge in [-0.05, 0) is 63.6 Å². The van der Waals surface area contributed by atoms with Gasteiger partial charge in [-0.1, -0.05) is 0 Å². The van der Waals surface area contributed by atoms with Crippen molar-refractivity contribution in [2.45, 2.75) is 52.9 Å². The lowest BCUT2D eigenvalue weighted by molar-refractivity contribution is -0.206. The van der Waals surface area contributed by atoms with E-state index in [0.29, 0.717) is 18.8 Å². The highest BCUT2D eigenvalue weighted by Gasteiger charge is 2.28. The van der Waals surface area contributed by atoms with E-state index in [2.05, 4.69) is 4.98 Å². The van der Waals surface area contributed by atoms with Gasteiger partial charge in [-0.3, -0.25) is 9.78 Å². The maximum absolute atomic E-state index is 12.1. The standard InChI is InChI=1S/C19H28N2O3/c1-19(2,3)18(23)24-21-12-8-15(9-13-21)4-5-17(22)14-16-6-10-20-11-7-16/h6-7,10-11,15H,4-5,8-9,12-14H2,1-3H3. The highest BCUT2D eigenvalue weighted by atomic mass is 16.7. The molecule has 0 spiro atoms. The van der Waals surface area contributed by atoms with Crippen molar-refractivity contribution in [1.82, 2.24) is 10.0 Å². The molecule has 1 aromatic heterocycles. The Morgan fingerprint density at radius 1 is 1.21 bits per heavy atom. The molecule has 5 heteroatoms.